The van der Waals surface area contributed by atoms with Crippen LogP contribution in [0.3, 0.4) is 0 Å². The smallest absolute Gasteiger partial charge is 0.332 e. The molecule has 1 aliphatic rings. The molecule has 5 nitrogen and oxygen atoms in total. The number of hydrogen-bond acceptors (Lipinski definition) is 4. The molecule has 2 atom stereocenters. The molecule has 0 aromatic rings. The zero-order valence-corrected chi connectivity index (χ0v) is 10.3. The highest BCUT2D eigenvalue weighted by Gasteiger charge is 2.29. The number of carboxylic acids is 1. The summed E-state index contributed by atoms with van der Waals surface area (Å²) in [6.45, 7) is 8.30. The van der Waals surface area contributed by atoms with Crippen LogP contribution in [-0.4, -0.2) is 49.6 Å². The lowest BCUT2D eigenvalue weighted by Gasteiger charge is -2.12. The van der Waals surface area contributed by atoms with Gasteiger partial charge in [0.05, 0.1) is 19.3 Å². The molecule has 1 saturated heterocycles. The SMILES string of the molecule is C=C(C)COCCNCC1CCC(C(=O)O)O1. The third kappa shape index (κ3) is 5.81. The molecule has 0 saturated carbocycles. The molecule has 1 fully saturated rings. The van der Waals surface area contributed by atoms with Gasteiger partial charge in [-0.3, -0.25) is 0 Å². The van der Waals surface area contributed by atoms with E-state index in [0.29, 0.717) is 26.2 Å². The van der Waals surface area contributed by atoms with Gasteiger partial charge >= 0.3 is 5.97 Å². The van der Waals surface area contributed by atoms with Crippen molar-refractivity contribution in [3.05, 3.63) is 12.2 Å². The Labute approximate surface area is 102 Å². The van der Waals surface area contributed by atoms with Crippen molar-refractivity contribution in [2.24, 2.45) is 0 Å². The average molecular weight is 243 g/mol. The molecule has 1 rings (SSSR count). The van der Waals surface area contributed by atoms with Crippen molar-refractivity contribution in [1.82, 2.24) is 5.32 Å². The second kappa shape index (κ2) is 7.42. The van der Waals surface area contributed by atoms with Crippen molar-refractivity contribution in [3.63, 3.8) is 0 Å². The summed E-state index contributed by atoms with van der Waals surface area (Å²) in [5.41, 5.74) is 1.01. The number of carbonyl (C=O) groups is 1. The molecule has 0 aromatic heterocycles. The molecule has 5 heteroatoms. The van der Waals surface area contributed by atoms with Crippen LogP contribution in [0, 0.1) is 0 Å². The van der Waals surface area contributed by atoms with Gasteiger partial charge in [0.25, 0.3) is 0 Å². The number of carboxylic acid groups (broad SMARTS) is 1. The maximum atomic E-state index is 10.7. The van der Waals surface area contributed by atoms with Crippen LogP contribution in [0.2, 0.25) is 0 Å². The number of ether oxygens (including phenoxy) is 2. The Kier molecular flexibility index (Phi) is 6.18. The molecule has 98 valence electrons. The Morgan fingerprint density at radius 1 is 1.59 bits per heavy atom. The van der Waals surface area contributed by atoms with Crippen LogP contribution in [0.1, 0.15) is 19.8 Å². The van der Waals surface area contributed by atoms with Gasteiger partial charge in [-0.15, -0.1) is 0 Å². The van der Waals surface area contributed by atoms with Gasteiger partial charge in [-0.25, -0.2) is 4.79 Å². The van der Waals surface area contributed by atoms with E-state index in [2.05, 4.69) is 11.9 Å². The predicted octanol–water partition coefficient (Wildman–Crippen LogP) is 0.801. The predicted molar refractivity (Wildman–Crippen MR) is 64.0 cm³/mol. The fourth-order valence-corrected chi connectivity index (χ4v) is 1.69. The van der Waals surface area contributed by atoms with E-state index >= 15 is 0 Å². The monoisotopic (exact) mass is 243 g/mol. The van der Waals surface area contributed by atoms with Crippen LogP contribution >= 0.6 is 0 Å². The van der Waals surface area contributed by atoms with Crippen molar-refractivity contribution in [3.8, 4) is 0 Å². The molecule has 1 aliphatic heterocycles. The van der Waals surface area contributed by atoms with Gasteiger partial charge < -0.3 is 19.9 Å². The number of rotatable bonds is 8. The fraction of sp³-hybridized carbons (Fsp3) is 0.750. The summed E-state index contributed by atoms with van der Waals surface area (Å²) in [5.74, 6) is -0.864. The minimum absolute atomic E-state index is 0.0113. The summed E-state index contributed by atoms with van der Waals surface area (Å²) in [6.07, 6.45) is 0.795. The molecule has 17 heavy (non-hydrogen) atoms. The van der Waals surface area contributed by atoms with Crippen LogP contribution < -0.4 is 5.32 Å². The van der Waals surface area contributed by atoms with Crippen LogP contribution in [0.25, 0.3) is 0 Å². The lowest BCUT2D eigenvalue weighted by atomic mass is 10.2. The zero-order valence-electron chi connectivity index (χ0n) is 10.3. The Morgan fingerprint density at radius 3 is 2.94 bits per heavy atom. The van der Waals surface area contributed by atoms with Gasteiger partial charge in [0.2, 0.25) is 0 Å². The molecular formula is C12H21NO4. The van der Waals surface area contributed by atoms with Gasteiger partial charge in [0.15, 0.2) is 6.10 Å². The maximum Gasteiger partial charge on any atom is 0.332 e. The van der Waals surface area contributed by atoms with Gasteiger partial charge in [0.1, 0.15) is 0 Å². The Morgan fingerprint density at radius 2 is 2.35 bits per heavy atom. The van der Waals surface area contributed by atoms with Crippen LogP contribution in [-0.2, 0) is 14.3 Å². The normalized spacial score (nSPS) is 23.8. The van der Waals surface area contributed by atoms with E-state index in [1.165, 1.54) is 0 Å². The van der Waals surface area contributed by atoms with E-state index < -0.39 is 12.1 Å². The molecule has 0 radical (unpaired) electrons. The Balaban J connectivity index is 1.97. The molecule has 2 N–H and O–H groups in total. The molecule has 0 aliphatic carbocycles. The summed E-state index contributed by atoms with van der Waals surface area (Å²) < 4.78 is 10.7. The second-order valence-electron chi connectivity index (χ2n) is 4.38. The first kappa shape index (κ1) is 14.2. The third-order valence-corrected chi connectivity index (χ3v) is 2.53. The molecule has 0 amide bonds. The van der Waals surface area contributed by atoms with E-state index in [-0.39, 0.29) is 6.10 Å². The van der Waals surface area contributed by atoms with E-state index in [9.17, 15) is 4.79 Å². The fourth-order valence-electron chi connectivity index (χ4n) is 1.69. The van der Waals surface area contributed by atoms with E-state index in [1.54, 1.807) is 0 Å². The Bertz CT molecular complexity index is 267. The molecule has 0 aromatic carbocycles. The summed E-state index contributed by atoms with van der Waals surface area (Å²) in [4.78, 5) is 10.7. The van der Waals surface area contributed by atoms with Crippen LogP contribution in [0.5, 0.6) is 0 Å². The molecule has 1 heterocycles. The zero-order chi connectivity index (χ0) is 12.7. The maximum absolute atomic E-state index is 10.7. The molecular weight excluding hydrogens is 222 g/mol. The van der Waals surface area contributed by atoms with Gasteiger partial charge in [-0.1, -0.05) is 12.2 Å². The molecule has 0 spiro atoms. The van der Waals surface area contributed by atoms with Gasteiger partial charge in [-0.2, -0.15) is 0 Å². The van der Waals surface area contributed by atoms with Gasteiger partial charge in [-0.05, 0) is 19.8 Å². The number of aliphatic carboxylic acids is 1. The van der Waals surface area contributed by atoms with Crippen molar-refractivity contribution in [2.45, 2.75) is 32.0 Å². The quantitative estimate of drug-likeness (QED) is 0.487. The lowest BCUT2D eigenvalue weighted by Crippen LogP contribution is -2.31. The summed E-state index contributed by atoms with van der Waals surface area (Å²) in [6, 6.07) is 0. The standard InChI is InChI=1S/C12H21NO4/c1-9(2)8-16-6-5-13-7-10-3-4-11(17-10)12(14)15/h10-11,13H,1,3-8H2,2H3,(H,14,15). The van der Waals surface area contributed by atoms with E-state index in [4.69, 9.17) is 14.6 Å². The minimum Gasteiger partial charge on any atom is -0.479 e. The van der Waals surface area contributed by atoms with E-state index in [0.717, 1.165) is 18.5 Å². The van der Waals surface area contributed by atoms with Crippen LogP contribution in [0.4, 0.5) is 0 Å². The third-order valence-electron chi connectivity index (χ3n) is 2.53. The summed E-state index contributed by atoms with van der Waals surface area (Å²) in [5, 5.41) is 11.9. The largest absolute Gasteiger partial charge is 0.479 e. The lowest BCUT2D eigenvalue weighted by molar-refractivity contribution is -0.149. The first-order chi connectivity index (χ1) is 8.09. The molecule has 2 unspecified atom stereocenters. The summed E-state index contributed by atoms with van der Waals surface area (Å²) in [7, 11) is 0. The second-order valence-corrected chi connectivity index (χ2v) is 4.38. The van der Waals surface area contributed by atoms with Crippen molar-refractivity contribution >= 4 is 5.97 Å². The van der Waals surface area contributed by atoms with Crippen molar-refractivity contribution < 1.29 is 19.4 Å². The molecule has 0 bridgehead atoms. The first-order valence-electron chi connectivity index (χ1n) is 5.90. The highest BCUT2D eigenvalue weighted by molar-refractivity contribution is 5.72. The highest BCUT2D eigenvalue weighted by Crippen LogP contribution is 2.18. The first-order valence-corrected chi connectivity index (χ1v) is 5.90. The highest BCUT2D eigenvalue weighted by atomic mass is 16.5. The van der Waals surface area contributed by atoms with Crippen molar-refractivity contribution in [1.29, 1.82) is 0 Å². The van der Waals surface area contributed by atoms with Crippen molar-refractivity contribution in [2.75, 3.05) is 26.3 Å². The Hall–Kier alpha value is -0.910. The van der Waals surface area contributed by atoms with Gasteiger partial charge in [0, 0.05) is 13.1 Å². The van der Waals surface area contributed by atoms with E-state index in [1.807, 2.05) is 6.92 Å². The average Bonchev–Trinajstić information content (AvgIpc) is 2.71. The van der Waals surface area contributed by atoms with Crippen LogP contribution in [0.15, 0.2) is 12.2 Å². The minimum atomic E-state index is -0.864. The number of hydrogen-bond donors (Lipinski definition) is 2. The topological polar surface area (TPSA) is 67.8 Å². The number of nitrogens with one attached hydrogen (secondary N) is 1. The summed E-state index contributed by atoms with van der Waals surface area (Å²) >= 11 is 0.